The molecule has 0 aromatic carbocycles. The van der Waals surface area contributed by atoms with E-state index in [0.29, 0.717) is 19.0 Å². The monoisotopic (exact) mass is 308 g/mol. The van der Waals surface area contributed by atoms with Gasteiger partial charge >= 0.3 is 0 Å². The van der Waals surface area contributed by atoms with Crippen LogP contribution < -0.4 is 16.8 Å². The highest BCUT2D eigenvalue weighted by Gasteiger charge is 1.90. The molecule has 7 heteroatoms. The normalized spacial score (nSPS) is 8.57. The van der Waals surface area contributed by atoms with Crippen LogP contribution in [0.3, 0.4) is 0 Å². The van der Waals surface area contributed by atoms with Crippen LogP contribution in [-0.2, 0) is 0 Å². The van der Waals surface area contributed by atoms with Crippen molar-refractivity contribution >= 4 is 35.9 Å². The van der Waals surface area contributed by atoms with Crippen molar-refractivity contribution in [2.24, 2.45) is 16.5 Å². The molecule has 0 fully saturated rings. The molecule has 1 aromatic heterocycles. The van der Waals surface area contributed by atoms with Crippen molar-refractivity contribution in [2.45, 2.75) is 0 Å². The predicted molar refractivity (Wildman–Crippen MR) is 66.6 cm³/mol. The second-order valence-corrected chi connectivity index (χ2v) is 2.31. The molecule has 14 heavy (non-hydrogen) atoms. The highest BCUT2D eigenvalue weighted by Crippen LogP contribution is 1.91. The Kier molecular flexibility index (Phi) is 6.72. The average Bonchev–Trinajstić information content (AvgIpc) is 2.14. The fourth-order valence-corrected chi connectivity index (χ4v) is 0.743. The fraction of sp³-hybridized carbons (Fsp3) is 0.286. The first-order valence-electron chi connectivity index (χ1n) is 3.85. The van der Waals surface area contributed by atoms with Gasteiger partial charge in [-0.2, -0.15) is 0 Å². The van der Waals surface area contributed by atoms with Gasteiger partial charge in [0.2, 0.25) is 5.95 Å². The van der Waals surface area contributed by atoms with E-state index in [-0.39, 0.29) is 29.9 Å². The van der Waals surface area contributed by atoms with E-state index in [9.17, 15) is 0 Å². The van der Waals surface area contributed by atoms with E-state index in [1.807, 2.05) is 0 Å². The van der Waals surface area contributed by atoms with E-state index in [1.165, 1.54) is 0 Å². The highest BCUT2D eigenvalue weighted by molar-refractivity contribution is 14.0. The van der Waals surface area contributed by atoms with Crippen LogP contribution in [0, 0.1) is 0 Å². The maximum absolute atomic E-state index is 5.14. The summed E-state index contributed by atoms with van der Waals surface area (Å²) in [6.45, 7) is 1.13. The summed E-state index contributed by atoms with van der Waals surface area (Å²) in [5, 5.41) is 2.96. The molecule has 6 nitrogen and oxygen atoms in total. The van der Waals surface area contributed by atoms with Gasteiger partial charge < -0.3 is 16.8 Å². The minimum absolute atomic E-state index is 0. The summed E-state index contributed by atoms with van der Waals surface area (Å²) in [4.78, 5) is 11.7. The largest absolute Gasteiger partial charge is 0.370 e. The second-order valence-electron chi connectivity index (χ2n) is 2.31. The molecule has 0 amide bonds. The first kappa shape index (κ1) is 12.9. The summed E-state index contributed by atoms with van der Waals surface area (Å²) in [6, 6.07) is 1.75. The summed E-state index contributed by atoms with van der Waals surface area (Å²) >= 11 is 0. The lowest BCUT2D eigenvalue weighted by Crippen LogP contribution is -2.24. The molecule has 0 atom stereocenters. The van der Waals surface area contributed by atoms with Crippen molar-refractivity contribution in [3.63, 3.8) is 0 Å². The Morgan fingerprint density at radius 3 is 2.57 bits per heavy atom. The predicted octanol–water partition coefficient (Wildman–Crippen LogP) is -0.220. The molecule has 0 aliphatic carbocycles. The molecule has 0 bridgehead atoms. The van der Waals surface area contributed by atoms with Crippen LogP contribution in [0.25, 0.3) is 0 Å². The van der Waals surface area contributed by atoms with Crippen molar-refractivity contribution in [2.75, 3.05) is 18.4 Å². The number of nitrogens with two attached hydrogens (primary N) is 2. The molecule has 0 spiro atoms. The Bertz CT molecular complexity index is 271. The van der Waals surface area contributed by atoms with E-state index in [2.05, 4.69) is 20.3 Å². The topological polar surface area (TPSA) is 102 Å². The number of rotatable bonds is 4. The van der Waals surface area contributed by atoms with Crippen LogP contribution in [0.2, 0.25) is 0 Å². The summed E-state index contributed by atoms with van der Waals surface area (Å²) < 4.78 is 0. The molecule has 0 aliphatic heterocycles. The van der Waals surface area contributed by atoms with Crippen molar-refractivity contribution in [1.82, 2.24) is 9.97 Å². The van der Waals surface area contributed by atoms with Crippen molar-refractivity contribution in [3.05, 3.63) is 18.5 Å². The van der Waals surface area contributed by atoms with E-state index < -0.39 is 0 Å². The third kappa shape index (κ3) is 5.51. The SMILES string of the molecule is I.NC(N)=NCCNc1ncccn1. The van der Waals surface area contributed by atoms with Gasteiger partial charge in [-0.25, -0.2) is 9.97 Å². The minimum atomic E-state index is 0. The molecular formula is C7H13IN6. The number of guanidine groups is 1. The molecule has 1 heterocycles. The lowest BCUT2D eigenvalue weighted by Gasteiger charge is -2.00. The highest BCUT2D eigenvalue weighted by atomic mass is 127. The first-order valence-corrected chi connectivity index (χ1v) is 3.85. The number of hydrogen-bond donors (Lipinski definition) is 3. The molecule has 0 unspecified atom stereocenters. The van der Waals surface area contributed by atoms with Crippen molar-refractivity contribution < 1.29 is 0 Å². The summed E-state index contributed by atoms with van der Waals surface area (Å²) in [5.74, 6) is 0.670. The molecule has 1 aromatic rings. The summed E-state index contributed by atoms with van der Waals surface area (Å²) in [5.41, 5.74) is 10.3. The molecule has 1 rings (SSSR count). The molecule has 78 valence electrons. The number of nitrogens with zero attached hydrogens (tertiary/aromatic N) is 3. The van der Waals surface area contributed by atoms with Crippen LogP contribution in [0.1, 0.15) is 0 Å². The lowest BCUT2D eigenvalue weighted by molar-refractivity contribution is 0.983. The van der Waals surface area contributed by atoms with Crippen molar-refractivity contribution in [1.29, 1.82) is 0 Å². The average molecular weight is 308 g/mol. The molecule has 0 aliphatic rings. The Balaban J connectivity index is 0.00000169. The van der Waals surface area contributed by atoms with E-state index in [0.717, 1.165) is 0 Å². The fourth-order valence-electron chi connectivity index (χ4n) is 0.743. The Morgan fingerprint density at radius 1 is 1.36 bits per heavy atom. The number of anilines is 1. The van der Waals surface area contributed by atoms with E-state index >= 15 is 0 Å². The van der Waals surface area contributed by atoms with Crippen LogP contribution in [0.15, 0.2) is 23.5 Å². The third-order valence-corrected chi connectivity index (χ3v) is 1.26. The molecule has 0 saturated carbocycles. The van der Waals surface area contributed by atoms with Gasteiger partial charge in [-0.3, -0.25) is 4.99 Å². The molecular weight excluding hydrogens is 295 g/mol. The van der Waals surface area contributed by atoms with Gasteiger partial charge in [-0.1, -0.05) is 0 Å². The summed E-state index contributed by atoms with van der Waals surface area (Å²) in [7, 11) is 0. The zero-order chi connectivity index (χ0) is 9.52. The standard InChI is InChI=1S/C7H12N6.HI/c8-6(9)10-4-5-13-7-11-2-1-3-12-7;/h1-3H,4-5H2,(H4,8,9,10)(H,11,12,13);1H. The summed E-state index contributed by atoms with van der Waals surface area (Å²) in [6.07, 6.45) is 3.33. The third-order valence-electron chi connectivity index (χ3n) is 1.26. The Labute approximate surface area is 99.2 Å². The Morgan fingerprint density at radius 2 is 2.00 bits per heavy atom. The molecule has 0 radical (unpaired) electrons. The second kappa shape index (κ2) is 7.30. The molecule has 5 N–H and O–H groups in total. The minimum Gasteiger partial charge on any atom is -0.370 e. The van der Waals surface area contributed by atoms with E-state index in [4.69, 9.17) is 11.5 Å². The van der Waals surface area contributed by atoms with Gasteiger partial charge in [-0.05, 0) is 6.07 Å². The van der Waals surface area contributed by atoms with Gasteiger partial charge in [0.1, 0.15) is 0 Å². The van der Waals surface area contributed by atoms with E-state index in [1.54, 1.807) is 18.5 Å². The number of halogens is 1. The Hall–Kier alpha value is -1.12. The lowest BCUT2D eigenvalue weighted by atomic mass is 10.6. The van der Waals surface area contributed by atoms with Gasteiger partial charge in [-0.15, -0.1) is 24.0 Å². The number of aliphatic imine (C=N–C) groups is 1. The zero-order valence-corrected chi connectivity index (χ0v) is 9.88. The van der Waals surface area contributed by atoms with Gasteiger partial charge in [0.25, 0.3) is 0 Å². The van der Waals surface area contributed by atoms with Gasteiger partial charge in [0.15, 0.2) is 5.96 Å². The number of aromatic nitrogens is 2. The maximum atomic E-state index is 5.14. The van der Waals surface area contributed by atoms with Crippen LogP contribution in [0.4, 0.5) is 5.95 Å². The van der Waals surface area contributed by atoms with Crippen LogP contribution in [0.5, 0.6) is 0 Å². The quantitative estimate of drug-likeness (QED) is 0.309. The van der Waals surface area contributed by atoms with Crippen LogP contribution in [-0.4, -0.2) is 29.0 Å². The molecule has 0 saturated heterocycles. The number of nitrogens with one attached hydrogen (secondary N) is 1. The van der Waals surface area contributed by atoms with Gasteiger partial charge in [0.05, 0.1) is 6.54 Å². The zero-order valence-electron chi connectivity index (χ0n) is 7.55. The first-order chi connectivity index (χ1) is 6.29. The maximum Gasteiger partial charge on any atom is 0.222 e. The number of hydrogen-bond acceptors (Lipinski definition) is 4. The van der Waals surface area contributed by atoms with Crippen LogP contribution >= 0.6 is 24.0 Å². The van der Waals surface area contributed by atoms with Crippen molar-refractivity contribution in [3.8, 4) is 0 Å². The van der Waals surface area contributed by atoms with Gasteiger partial charge in [0, 0.05) is 18.9 Å². The smallest absolute Gasteiger partial charge is 0.222 e.